The smallest absolute Gasteiger partial charge is 0.264 e. The van der Waals surface area contributed by atoms with E-state index in [-0.39, 0.29) is 10.8 Å². The minimum absolute atomic E-state index is 0.136. The van der Waals surface area contributed by atoms with Gasteiger partial charge >= 0.3 is 0 Å². The van der Waals surface area contributed by atoms with Gasteiger partial charge in [0.05, 0.1) is 4.90 Å². The highest BCUT2D eigenvalue weighted by Gasteiger charge is 2.22. The van der Waals surface area contributed by atoms with Crippen molar-refractivity contribution in [3.8, 4) is 0 Å². The molecule has 0 atom stereocenters. The molecule has 20 heavy (non-hydrogen) atoms. The van der Waals surface area contributed by atoms with Crippen molar-refractivity contribution in [2.45, 2.75) is 51.3 Å². The van der Waals surface area contributed by atoms with E-state index in [0.29, 0.717) is 12.8 Å². The molecule has 1 aromatic rings. The van der Waals surface area contributed by atoms with E-state index in [9.17, 15) is 13.2 Å². The zero-order valence-corrected chi connectivity index (χ0v) is 13.2. The molecule has 0 heterocycles. The van der Waals surface area contributed by atoms with Gasteiger partial charge in [-0.2, -0.15) is 0 Å². The van der Waals surface area contributed by atoms with Gasteiger partial charge in [-0.3, -0.25) is 4.79 Å². The Kier molecular flexibility index (Phi) is 6.20. The van der Waals surface area contributed by atoms with Gasteiger partial charge in [0.15, 0.2) is 0 Å². The quantitative estimate of drug-likeness (QED) is 0.841. The van der Waals surface area contributed by atoms with Crippen molar-refractivity contribution >= 4 is 15.9 Å². The molecule has 1 rings (SSSR count). The minimum Gasteiger partial charge on any atom is -0.274 e. The SMILES string of the molecule is CCCc1ccc(S(=O)(=O)NC(=O)C(CC)CC)cc1. The number of nitrogens with one attached hydrogen (secondary N) is 1. The van der Waals surface area contributed by atoms with Gasteiger partial charge in [-0.15, -0.1) is 0 Å². The molecule has 0 bridgehead atoms. The van der Waals surface area contributed by atoms with Crippen molar-refractivity contribution in [2.75, 3.05) is 0 Å². The van der Waals surface area contributed by atoms with E-state index < -0.39 is 15.9 Å². The summed E-state index contributed by atoms with van der Waals surface area (Å²) < 4.78 is 26.4. The lowest BCUT2D eigenvalue weighted by Crippen LogP contribution is -2.35. The van der Waals surface area contributed by atoms with Crippen LogP contribution in [-0.2, 0) is 21.2 Å². The van der Waals surface area contributed by atoms with Crippen molar-refractivity contribution in [3.05, 3.63) is 29.8 Å². The van der Waals surface area contributed by atoms with Crippen molar-refractivity contribution in [2.24, 2.45) is 5.92 Å². The van der Waals surface area contributed by atoms with Gasteiger partial charge in [-0.1, -0.05) is 39.3 Å². The Morgan fingerprint density at radius 1 is 1.10 bits per heavy atom. The lowest BCUT2D eigenvalue weighted by atomic mass is 10.0. The third kappa shape index (κ3) is 4.34. The Morgan fingerprint density at radius 2 is 1.65 bits per heavy atom. The summed E-state index contributed by atoms with van der Waals surface area (Å²) in [6.07, 6.45) is 3.19. The summed E-state index contributed by atoms with van der Waals surface area (Å²) in [6, 6.07) is 6.68. The summed E-state index contributed by atoms with van der Waals surface area (Å²) in [5.74, 6) is -0.684. The molecule has 0 aliphatic heterocycles. The molecule has 112 valence electrons. The monoisotopic (exact) mass is 297 g/mol. The van der Waals surface area contributed by atoms with Gasteiger partial charge in [-0.05, 0) is 37.0 Å². The fraction of sp³-hybridized carbons (Fsp3) is 0.533. The molecule has 0 aliphatic rings. The highest BCUT2D eigenvalue weighted by molar-refractivity contribution is 7.90. The molecule has 0 fully saturated rings. The summed E-state index contributed by atoms with van der Waals surface area (Å²) in [5, 5.41) is 0. The largest absolute Gasteiger partial charge is 0.274 e. The van der Waals surface area contributed by atoms with Crippen LogP contribution in [0.25, 0.3) is 0 Å². The van der Waals surface area contributed by atoms with Gasteiger partial charge in [-0.25, -0.2) is 13.1 Å². The summed E-state index contributed by atoms with van der Waals surface area (Å²) in [4.78, 5) is 12.0. The number of hydrogen-bond donors (Lipinski definition) is 1. The van der Waals surface area contributed by atoms with E-state index >= 15 is 0 Å². The Morgan fingerprint density at radius 3 is 2.10 bits per heavy atom. The molecule has 1 aromatic carbocycles. The molecule has 0 radical (unpaired) electrons. The van der Waals surface area contributed by atoms with Crippen molar-refractivity contribution < 1.29 is 13.2 Å². The van der Waals surface area contributed by atoms with Crippen molar-refractivity contribution in [1.29, 1.82) is 0 Å². The van der Waals surface area contributed by atoms with Crippen molar-refractivity contribution in [3.63, 3.8) is 0 Å². The molecular weight excluding hydrogens is 274 g/mol. The standard InChI is InChI=1S/C15H23NO3S/c1-4-7-12-8-10-14(11-9-12)20(18,19)16-15(17)13(5-2)6-3/h8-11,13H,4-7H2,1-3H3,(H,16,17). The number of carbonyl (C=O) groups excluding carboxylic acids is 1. The van der Waals surface area contributed by atoms with Crippen LogP contribution in [-0.4, -0.2) is 14.3 Å². The molecule has 0 saturated carbocycles. The summed E-state index contributed by atoms with van der Waals surface area (Å²) in [5.41, 5.74) is 1.10. The molecular formula is C15H23NO3S. The van der Waals surface area contributed by atoms with Crippen molar-refractivity contribution in [1.82, 2.24) is 4.72 Å². The Balaban J connectivity index is 2.85. The molecule has 0 aromatic heterocycles. The predicted molar refractivity (Wildman–Crippen MR) is 79.8 cm³/mol. The highest BCUT2D eigenvalue weighted by atomic mass is 32.2. The Bertz CT molecular complexity index is 531. The molecule has 0 saturated heterocycles. The third-order valence-corrected chi connectivity index (χ3v) is 4.73. The zero-order chi connectivity index (χ0) is 15.2. The molecule has 1 N–H and O–H groups in total. The van der Waals surface area contributed by atoms with Crippen LogP contribution in [0.5, 0.6) is 0 Å². The molecule has 4 nitrogen and oxygen atoms in total. The van der Waals surface area contributed by atoms with E-state index in [1.807, 2.05) is 13.8 Å². The number of carbonyl (C=O) groups is 1. The average molecular weight is 297 g/mol. The minimum atomic E-state index is -3.76. The van der Waals surface area contributed by atoms with Crippen LogP contribution in [0, 0.1) is 5.92 Å². The summed E-state index contributed by atoms with van der Waals surface area (Å²) in [7, 11) is -3.76. The van der Waals surface area contributed by atoms with Gasteiger partial charge < -0.3 is 0 Å². The number of hydrogen-bond acceptors (Lipinski definition) is 3. The Hall–Kier alpha value is -1.36. The second-order valence-corrected chi connectivity index (χ2v) is 6.56. The van der Waals surface area contributed by atoms with Crippen LogP contribution in [0.15, 0.2) is 29.2 Å². The van der Waals surface area contributed by atoms with Crippen LogP contribution in [0.3, 0.4) is 0 Å². The number of sulfonamides is 1. The topological polar surface area (TPSA) is 63.2 Å². The van der Waals surface area contributed by atoms with Gasteiger partial charge in [0.1, 0.15) is 0 Å². The fourth-order valence-corrected chi connectivity index (χ4v) is 3.10. The molecule has 0 spiro atoms. The number of aryl methyl sites for hydroxylation is 1. The van der Waals surface area contributed by atoms with Crippen LogP contribution in [0.2, 0.25) is 0 Å². The normalized spacial score (nSPS) is 11.6. The van der Waals surface area contributed by atoms with E-state index in [4.69, 9.17) is 0 Å². The highest BCUT2D eigenvalue weighted by Crippen LogP contribution is 2.14. The molecule has 5 heteroatoms. The van der Waals surface area contributed by atoms with Crippen LogP contribution < -0.4 is 4.72 Å². The Labute approximate surface area is 121 Å². The number of benzene rings is 1. The van der Waals surface area contributed by atoms with Gasteiger partial charge in [0.2, 0.25) is 5.91 Å². The average Bonchev–Trinajstić information content (AvgIpc) is 2.40. The molecule has 0 aliphatic carbocycles. The van der Waals surface area contributed by atoms with Crippen LogP contribution in [0.1, 0.15) is 45.6 Å². The molecule has 0 unspecified atom stereocenters. The fourth-order valence-electron chi connectivity index (χ4n) is 2.06. The lowest BCUT2D eigenvalue weighted by Gasteiger charge is -2.13. The van der Waals surface area contributed by atoms with E-state index in [1.54, 1.807) is 24.3 Å². The van der Waals surface area contributed by atoms with Gasteiger partial charge in [0, 0.05) is 5.92 Å². The number of amides is 1. The maximum atomic E-state index is 12.1. The van der Waals surface area contributed by atoms with E-state index in [0.717, 1.165) is 18.4 Å². The first-order valence-corrected chi connectivity index (χ1v) is 8.58. The van der Waals surface area contributed by atoms with E-state index in [1.165, 1.54) is 0 Å². The lowest BCUT2D eigenvalue weighted by molar-refractivity contribution is -0.123. The molecule has 1 amide bonds. The zero-order valence-electron chi connectivity index (χ0n) is 12.3. The second kappa shape index (κ2) is 7.43. The third-order valence-electron chi connectivity index (χ3n) is 3.36. The summed E-state index contributed by atoms with van der Waals surface area (Å²) in [6.45, 7) is 5.82. The maximum Gasteiger partial charge on any atom is 0.264 e. The first-order chi connectivity index (χ1) is 9.44. The van der Waals surface area contributed by atoms with E-state index in [2.05, 4.69) is 11.6 Å². The summed E-state index contributed by atoms with van der Waals surface area (Å²) >= 11 is 0. The van der Waals surface area contributed by atoms with Gasteiger partial charge in [0.25, 0.3) is 10.0 Å². The second-order valence-electron chi connectivity index (χ2n) is 4.88. The first-order valence-electron chi connectivity index (χ1n) is 7.10. The number of rotatable bonds is 7. The predicted octanol–water partition coefficient (Wildman–Crippen LogP) is 2.88. The van der Waals surface area contributed by atoms with Crippen LogP contribution in [0.4, 0.5) is 0 Å². The van der Waals surface area contributed by atoms with Crippen LogP contribution >= 0.6 is 0 Å². The maximum absolute atomic E-state index is 12.1. The first kappa shape index (κ1) is 16.7.